The minimum atomic E-state index is -0.281. The predicted octanol–water partition coefficient (Wildman–Crippen LogP) is 2.59. The molecule has 0 fully saturated rings. The third-order valence-electron chi connectivity index (χ3n) is 2.38. The number of carbonyl (C=O) groups excluding carboxylic acids is 1. The highest BCUT2D eigenvalue weighted by Gasteiger charge is 2.02. The van der Waals surface area contributed by atoms with Crippen molar-refractivity contribution in [1.29, 1.82) is 0 Å². The fourth-order valence-electron chi connectivity index (χ4n) is 1.43. The number of hydrazone groups is 1. The lowest BCUT2D eigenvalue weighted by atomic mass is 10.2. The Hall–Kier alpha value is -2.14. The molecule has 0 aliphatic heterocycles. The lowest BCUT2D eigenvalue weighted by Crippen LogP contribution is -2.24. The lowest BCUT2D eigenvalue weighted by Gasteiger charge is -2.07. The van der Waals surface area contributed by atoms with E-state index in [2.05, 4.69) is 10.5 Å². The van der Waals surface area contributed by atoms with Gasteiger partial charge in [0.05, 0.1) is 6.21 Å². The van der Waals surface area contributed by atoms with Gasteiger partial charge in [-0.3, -0.25) is 4.79 Å². The quantitative estimate of drug-likeness (QED) is 0.673. The van der Waals surface area contributed by atoms with Gasteiger partial charge in [0, 0.05) is 4.88 Å². The van der Waals surface area contributed by atoms with E-state index in [1.807, 2.05) is 48.7 Å². The second kappa shape index (κ2) is 6.70. The molecule has 4 nitrogen and oxygen atoms in total. The first-order chi connectivity index (χ1) is 9.25. The van der Waals surface area contributed by atoms with E-state index < -0.39 is 0 Å². The number of rotatable bonds is 5. The Morgan fingerprint density at radius 1 is 1.37 bits per heavy atom. The number of hydrogen-bond acceptors (Lipinski definition) is 4. The maximum absolute atomic E-state index is 11.5. The number of para-hydroxylation sites is 1. The average Bonchev–Trinajstić information content (AvgIpc) is 2.91. The summed E-state index contributed by atoms with van der Waals surface area (Å²) in [6.07, 6.45) is 1.61. The maximum atomic E-state index is 11.5. The first-order valence-electron chi connectivity index (χ1n) is 5.79. The van der Waals surface area contributed by atoms with E-state index in [4.69, 9.17) is 4.74 Å². The molecule has 0 unspecified atom stereocenters. The Bertz CT molecular complexity index is 565. The van der Waals surface area contributed by atoms with Crippen molar-refractivity contribution in [2.45, 2.75) is 6.92 Å². The van der Waals surface area contributed by atoms with Crippen LogP contribution in [0.25, 0.3) is 0 Å². The lowest BCUT2D eigenvalue weighted by molar-refractivity contribution is -0.123. The molecule has 0 saturated carbocycles. The van der Waals surface area contributed by atoms with E-state index in [9.17, 15) is 4.79 Å². The Morgan fingerprint density at radius 2 is 2.21 bits per heavy atom. The summed E-state index contributed by atoms with van der Waals surface area (Å²) in [5.41, 5.74) is 3.42. The third kappa shape index (κ3) is 4.22. The molecule has 1 aromatic heterocycles. The average molecular weight is 274 g/mol. The molecule has 19 heavy (non-hydrogen) atoms. The van der Waals surface area contributed by atoms with Crippen LogP contribution in [-0.4, -0.2) is 18.7 Å². The largest absolute Gasteiger partial charge is 0.483 e. The van der Waals surface area contributed by atoms with E-state index in [0.717, 1.165) is 10.4 Å². The topological polar surface area (TPSA) is 50.7 Å². The normalized spacial score (nSPS) is 10.6. The predicted molar refractivity (Wildman–Crippen MR) is 76.7 cm³/mol. The van der Waals surface area contributed by atoms with Crippen molar-refractivity contribution < 1.29 is 9.53 Å². The summed E-state index contributed by atoms with van der Waals surface area (Å²) in [5, 5.41) is 5.80. The molecule has 1 amide bonds. The second-order valence-corrected chi connectivity index (χ2v) is 4.84. The van der Waals surface area contributed by atoms with E-state index in [1.165, 1.54) is 0 Å². The van der Waals surface area contributed by atoms with Gasteiger partial charge in [-0.1, -0.05) is 24.3 Å². The molecule has 0 spiro atoms. The first kappa shape index (κ1) is 13.3. The van der Waals surface area contributed by atoms with E-state index in [-0.39, 0.29) is 12.5 Å². The van der Waals surface area contributed by atoms with E-state index in [0.29, 0.717) is 5.75 Å². The summed E-state index contributed by atoms with van der Waals surface area (Å²) >= 11 is 1.55. The van der Waals surface area contributed by atoms with Crippen LogP contribution in [0.2, 0.25) is 0 Å². The van der Waals surface area contributed by atoms with Gasteiger partial charge in [0.25, 0.3) is 5.91 Å². The molecular formula is C14H14N2O2S. The minimum absolute atomic E-state index is 0.0490. The van der Waals surface area contributed by atoms with Crippen LogP contribution in [0.3, 0.4) is 0 Å². The van der Waals surface area contributed by atoms with Crippen molar-refractivity contribution in [2.75, 3.05) is 6.61 Å². The van der Waals surface area contributed by atoms with Gasteiger partial charge in [-0.25, -0.2) is 5.43 Å². The first-order valence-corrected chi connectivity index (χ1v) is 6.67. The smallest absolute Gasteiger partial charge is 0.277 e. The summed E-state index contributed by atoms with van der Waals surface area (Å²) in [7, 11) is 0. The van der Waals surface area contributed by atoms with Crippen molar-refractivity contribution in [1.82, 2.24) is 5.43 Å². The number of benzene rings is 1. The number of nitrogens with one attached hydrogen (secondary N) is 1. The van der Waals surface area contributed by atoms with Crippen molar-refractivity contribution in [3.05, 3.63) is 52.2 Å². The molecule has 0 aliphatic rings. The fourth-order valence-corrected chi connectivity index (χ4v) is 2.01. The number of aryl methyl sites for hydroxylation is 1. The molecule has 1 aromatic carbocycles. The third-order valence-corrected chi connectivity index (χ3v) is 3.18. The van der Waals surface area contributed by atoms with Gasteiger partial charge in [0.1, 0.15) is 5.75 Å². The molecule has 98 valence electrons. The molecular weight excluding hydrogens is 260 g/mol. The zero-order valence-electron chi connectivity index (χ0n) is 10.5. The highest BCUT2D eigenvalue weighted by molar-refractivity contribution is 7.11. The molecule has 2 rings (SSSR count). The standard InChI is InChI=1S/C14H14N2O2S/c1-11-5-2-3-7-13(11)18-10-14(17)16-15-9-12-6-4-8-19-12/h2-9H,10H2,1H3,(H,16,17). The molecule has 0 radical (unpaired) electrons. The number of hydrogen-bond donors (Lipinski definition) is 1. The minimum Gasteiger partial charge on any atom is -0.483 e. The highest BCUT2D eigenvalue weighted by Crippen LogP contribution is 2.15. The van der Waals surface area contributed by atoms with E-state index in [1.54, 1.807) is 17.6 Å². The number of amides is 1. The fraction of sp³-hybridized carbons (Fsp3) is 0.143. The summed E-state index contributed by atoms with van der Waals surface area (Å²) in [4.78, 5) is 12.5. The highest BCUT2D eigenvalue weighted by atomic mass is 32.1. The molecule has 5 heteroatoms. The van der Waals surface area contributed by atoms with Crippen LogP contribution in [0.15, 0.2) is 46.9 Å². The van der Waals surface area contributed by atoms with Gasteiger partial charge in [-0.2, -0.15) is 5.10 Å². The molecule has 2 aromatic rings. The molecule has 0 saturated heterocycles. The Morgan fingerprint density at radius 3 is 2.95 bits per heavy atom. The van der Waals surface area contributed by atoms with Gasteiger partial charge in [-0.15, -0.1) is 11.3 Å². The SMILES string of the molecule is Cc1ccccc1OCC(=O)NN=Cc1cccs1. The Balaban J connectivity index is 1.78. The van der Waals surface area contributed by atoms with Crippen LogP contribution in [0, 0.1) is 6.92 Å². The van der Waals surface area contributed by atoms with Gasteiger partial charge in [0.2, 0.25) is 0 Å². The van der Waals surface area contributed by atoms with Crippen LogP contribution in [0.1, 0.15) is 10.4 Å². The molecule has 0 atom stereocenters. The van der Waals surface area contributed by atoms with Crippen LogP contribution in [0.5, 0.6) is 5.75 Å². The van der Waals surface area contributed by atoms with Crippen molar-refractivity contribution in [2.24, 2.45) is 5.10 Å². The molecule has 0 aliphatic carbocycles. The molecule has 1 heterocycles. The van der Waals surface area contributed by atoms with E-state index >= 15 is 0 Å². The van der Waals surface area contributed by atoms with Crippen molar-refractivity contribution in [3.63, 3.8) is 0 Å². The second-order valence-electron chi connectivity index (χ2n) is 3.86. The van der Waals surface area contributed by atoms with Gasteiger partial charge in [0.15, 0.2) is 6.61 Å². The summed E-state index contributed by atoms with van der Waals surface area (Å²) in [6, 6.07) is 11.4. The zero-order valence-corrected chi connectivity index (χ0v) is 11.3. The van der Waals surface area contributed by atoms with Gasteiger partial charge < -0.3 is 4.74 Å². The summed E-state index contributed by atoms with van der Waals surface area (Å²) < 4.78 is 5.40. The number of nitrogens with zero attached hydrogens (tertiary/aromatic N) is 1. The summed E-state index contributed by atoms with van der Waals surface area (Å²) in [5.74, 6) is 0.427. The number of thiophene rings is 1. The molecule has 0 bridgehead atoms. The van der Waals surface area contributed by atoms with Crippen molar-refractivity contribution >= 4 is 23.5 Å². The Labute approximate surface area is 115 Å². The van der Waals surface area contributed by atoms with Crippen LogP contribution in [0.4, 0.5) is 0 Å². The monoisotopic (exact) mass is 274 g/mol. The number of carbonyl (C=O) groups is 1. The summed E-state index contributed by atoms with van der Waals surface area (Å²) in [6.45, 7) is 1.88. The maximum Gasteiger partial charge on any atom is 0.277 e. The van der Waals surface area contributed by atoms with Gasteiger partial charge in [-0.05, 0) is 30.0 Å². The van der Waals surface area contributed by atoms with Crippen LogP contribution in [-0.2, 0) is 4.79 Å². The van der Waals surface area contributed by atoms with Crippen molar-refractivity contribution in [3.8, 4) is 5.75 Å². The zero-order chi connectivity index (χ0) is 13.5. The number of ether oxygens (including phenoxy) is 1. The van der Waals surface area contributed by atoms with Gasteiger partial charge >= 0.3 is 0 Å². The van der Waals surface area contributed by atoms with Crippen LogP contribution >= 0.6 is 11.3 Å². The van der Waals surface area contributed by atoms with Crippen LogP contribution < -0.4 is 10.2 Å². The molecule has 1 N–H and O–H groups in total. The Kier molecular flexibility index (Phi) is 4.69.